The van der Waals surface area contributed by atoms with E-state index in [0.717, 1.165) is 0 Å². The van der Waals surface area contributed by atoms with Gasteiger partial charge < -0.3 is 0 Å². The van der Waals surface area contributed by atoms with E-state index in [0.29, 0.717) is 0 Å². The second kappa shape index (κ2) is 10.9. The average molecular weight is 713 g/mol. The zero-order chi connectivity index (χ0) is 32.1. The van der Waals surface area contributed by atoms with Crippen LogP contribution in [0.5, 0.6) is 0 Å². The quantitative estimate of drug-likeness (QED) is 0.170. The first-order valence-corrected chi connectivity index (χ1v) is 20.3. The van der Waals surface area contributed by atoms with Crippen molar-refractivity contribution in [1.82, 2.24) is 0 Å². The Balaban J connectivity index is 0.912. The van der Waals surface area contributed by atoms with E-state index in [4.69, 9.17) is 0 Å². The fourth-order valence-electron chi connectivity index (χ4n) is 6.98. The standard InChI is InChI=1S/C44H24S5/c1-3-7-35-29(5-1)19-37(45-35)25-9-13-27(14-10-25)39-21-31-17-33-34-18-32-22-40(48-42(32)24-44(34)49-43(33)23-41(31)47-39)28-15-11-26(12-16-28)38-20-30-6-2-4-8-36(30)46-38/h1-24H. The van der Waals surface area contributed by atoms with Gasteiger partial charge in [0, 0.05) is 58.5 Å². The Labute approximate surface area is 302 Å². The minimum absolute atomic E-state index is 1.28. The molecule has 230 valence electrons. The molecular formula is C44H24S5. The molecule has 0 bridgehead atoms. The van der Waals surface area contributed by atoms with Gasteiger partial charge >= 0.3 is 0 Å². The van der Waals surface area contributed by atoms with Crippen LogP contribution >= 0.6 is 56.7 Å². The molecule has 0 aliphatic carbocycles. The summed E-state index contributed by atoms with van der Waals surface area (Å²) >= 11 is 9.44. The van der Waals surface area contributed by atoms with Crippen LogP contribution in [0.4, 0.5) is 0 Å². The molecule has 11 aromatic rings. The van der Waals surface area contributed by atoms with Crippen molar-refractivity contribution in [3.63, 3.8) is 0 Å². The summed E-state index contributed by atoms with van der Waals surface area (Å²) in [5, 5.41) is 8.00. The van der Waals surface area contributed by atoms with Crippen molar-refractivity contribution >= 4 is 117 Å². The van der Waals surface area contributed by atoms with Gasteiger partial charge in [0.15, 0.2) is 0 Å². The summed E-state index contributed by atoms with van der Waals surface area (Å²) in [6, 6.07) is 54.5. The molecule has 5 heteroatoms. The second-order valence-corrected chi connectivity index (χ2v) is 18.0. The smallest absolute Gasteiger partial charge is 0.0369 e. The molecule has 0 unspecified atom stereocenters. The Morgan fingerprint density at radius 1 is 0.245 bits per heavy atom. The van der Waals surface area contributed by atoms with E-state index in [2.05, 4.69) is 146 Å². The van der Waals surface area contributed by atoms with Gasteiger partial charge in [-0.15, -0.1) is 56.7 Å². The van der Waals surface area contributed by atoms with Crippen molar-refractivity contribution in [3.05, 3.63) is 146 Å². The van der Waals surface area contributed by atoms with Crippen LogP contribution in [-0.2, 0) is 0 Å². The van der Waals surface area contributed by atoms with Crippen molar-refractivity contribution in [2.24, 2.45) is 0 Å². The Morgan fingerprint density at radius 3 is 0.980 bits per heavy atom. The van der Waals surface area contributed by atoms with E-state index in [9.17, 15) is 0 Å². The molecule has 49 heavy (non-hydrogen) atoms. The Kier molecular flexibility index (Phi) is 6.31. The third kappa shape index (κ3) is 4.73. The van der Waals surface area contributed by atoms with Gasteiger partial charge in [-0.2, -0.15) is 0 Å². The fourth-order valence-corrected chi connectivity index (χ4v) is 12.6. The SMILES string of the molecule is c1ccc2sc(-c3ccc(-c4cc5cc6c(cc5s4)sc4cc5sc(-c7ccc(-c8cc9ccccc9s8)cc7)cc5cc46)cc3)cc2c1. The summed E-state index contributed by atoms with van der Waals surface area (Å²) in [4.78, 5) is 5.29. The molecule has 0 saturated carbocycles. The maximum Gasteiger partial charge on any atom is 0.0369 e. The molecule has 0 aliphatic heterocycles. The molecule has 0 nitrogen and oxygen atoms in total. The molecule has 0 amide bonds. The lowest BCUT2D eigenvalue weighted by Gasteiger charge is -2.00. The number of thiophene rings is 5. The highest BCUT2D eigenvalue weighted by Crippen LogP contribution is 2.45. The molecule has 0 fully saturated rings. The summed E-state index contributed by atoms with van der Waals surface area (Å²) in [6.45, 7) is 0. The molecule has 11 rings (SSSR count). The summed E-state index contributed by atoms with van der Waals surface area (Å²) in [5.41, 5.74) is 5.13. The van der Waals surface area contributed by atoms with Gasteiger partial charge in [-0.3, -0.25) is 0 Å². The van der Waals surface area contributed by atoms with Crippen molar-refractivity contribution in [2.75, 3.05) is 0 Å². The van der Waals surface area contributed by atoms with Gasteiger partial charge in [-0.25, -0.2) is 0 Å². The minimum Gasteiger partial charge on any atom is -0.135 e. The molecule has 0 spiro atoms. The molecule has 0 atom stereocenters. The number of hydrogen-bond acceptors (Lipinski definition) is 5. The van der Waals surface area contributed by atoms with Gasteiger partial charge in [0.1, 0.15) is 0 Å². The predicted octanol–water partition coefficient (Wildman–Crippen LogP) is 15.6. The van der Waals surface area contributed by atoms with Gasteiger partial charge in [0.05, 0.1) is 0 Å². The van der Waals surface area contributed by atoms with Gasteiger partial charge in [0.2, 0.25) is 0 Å². The van der Waals surface area contributed by atoms with Crippen molar-refractivity contribution < 1.29 is 0 Å². The first-order chi connectivity index (χ1) is 24.2. The maximum atomic E-state index is 2.42. The van der Waals surface area contributed by atoms with Crippen LogP contribution < -0.4 is 0 Å². The highest BCUT2D eigenvalue weighted by Gasteiger charge is 2.14. The van der Waals surface area contributed by atoms with E-state index in [1.54, 1.807) is 0 Å². The van der Waals surface area contributed by atoms with Crippen LogP contribution in [0.25, 0.3) is 102 Å². The second-order valence-electron chi connectivity index (χ2n) is 12.5. The van der Waals surface area contributed by atoms with Crippen LogP contribution in [0.3, 0.4) is 0 Å². The third-order valence-electron chi connectivity index (χ3n) is 9.51. The number of hydrogen-bond donors (Lipinski definition) is 0. The van der Waals surface area contributed by atoms with E-state index < -0.39 is 0 Å². The highest BCUT2D eigenvalue weighted by atomic mass is 32.1. The van der Waals surface area contributed by atoms with Gasteiger partial charge in [-0.05, 0) is 104 Å². The number of fused-ring (bicyclic) bond motifs is 7. The average Bonchev–Trinajstić information content (AvgIpc) is 3.97. The first-order valence-electron chi connectivity index (χ1n) is 16.2. The molecule has 0 radical (unpaired) electrons. The normalized spacial score (nSPS) is 12.1. The van der Waals surface area contributed by atoms with Gasteiger partial charge in [-0.1, -0.05) is 84.9 Å². The van der Waals surface area contributed by atoms with E-state index in [-0.39, 0.29) is 0 Å². The molecule has 0 aliphatic rings. The van der Waals surface area contributed by atoms with Crippen LogP contribution in [0.15, 0.2) is 146 Å². The fraction of sp³-hybridized carbons (Fsp3) is 0. The number of benzene rings is 6. The van der Waals surface area contributed by atoms with Crippen molar-refractivity contribution in [3.8, 4) is 41.8 Å². The Hall–Kier alpha value is -4.62. The Morgan fingerprint density at radius 2 is 0.592 bits per heavy atom. The van der Waals surface area contributed by atoms with Crippen LogP contribution in [0.1, 0.15) is 0 Å². The lowest BCUT2D eigenvalue weighted by molar-refractivity contribution is 1.69. The van der Waals surface area contributed by atoms with Gasteiger partial charge in [0.25, 0.3) is 0 Å². The zero-order valence-corrected chi connectivity index (χ0v) is 30.0. The summed E-state index contributed by atoms with van der Waals surface area (Å²) in [6.07, 6.45) is 0. The number of rotatable bonds is 4. The Bertz CT molecular complexity index is 2760. The monoisotopic (exact) mass is 712 g/mol. The van der Waals surface area contributed by atoms with E-state index >= 15 is 0 Å². The molecule has 0 N–H and O–H groups in total. The van der Waals surface area contributed by atoms with Crippen molar-refractivity contribution in [2.45, 2.75) is 0 Å². The highest BCUT2D eigenvalue weighted by molar-refractivity contribution is 7.27. The lowest BCUT2D eigenvalue weighted by atomic mass is 10.1. The lowest BCUT2D eigenvalue weighted by Crippen LogP contribution is -1.74. The first kappa shape index (κ1) is 28.2. The van der Waals surface area contributed by atoms with E-state index in [1.165, 1.54) is 102 Å². The predicted molar refractivity (Wildman–Crippen MR) is 223 cm³/mol. The maximum absolute atomic E-state index is 2.42. The summed E-state index contributed by atoms with van der Waals surface area (Å²) in [7, 11) is 0. The summed E-state index contributed by atoms with van der Waals surface area (Å²) < 4.78 is 8.12. The third-order valence-corrected chi connectivity index (χ3v) is 15.2. The summed E-state index contributed by atoms with van der Waals surface area (Å²) in [5.74, 6) is 0. The van der Waals surface area contributed by atoms with Crippen molar-refractivity contribution in [1.29, 1.82) is 0 Å². The van der Waals surface area contributed by atoms with Crippen LogP contribution in [0, 0.1) is 0 Å². The van der Waals surface area contributed by atoms with Crippen LogP contribution in [-0.4, -0.2) is 0 Å². The molecule has 0 saturated heterocycles. The molecule has 6 aromatic carbocycles. The topological polar surface area (TPSA) is 0 Å². The molecule has 5 aromatic heterocycles. The van der Waals surface area contributed by atoms with E-state index in [1.807, 2.05) is 56.7 Å². The minimum atomic E-state index is 1.28. The molecular weight excluding hydrogens is 689 g/mol. The zero-order valence-electron chi connectivity index (χ0n) is 25.9. The van der Waals surface area contributed by atoms with Crippen LogP contribution in [0.2, 0.25) is 0 Å². The largest absolute Gasteiger partial charge is 0.135 e. The molecule has 5 heterocycles.